The minimum absolute atomic E-state index is 0.0700. The third-order valence-corrected chi connectivity index (χ3v) is 5.69. The van der Waals surface area contributed by atoms with Crippen LogP contribution in [0.15, 0.2) is 59.1 Å². The molecule has 162 valence electrons. The Morgan fingerprint density at radius 3 is 2.84 bits per heavy atom. The lowest BCUT2D eigenvalue weighted by molar-refractivity contribution is -0.133. The zero-order chi connectivity index (χ0) is 21.6. The lowest BCUT2D eigenvalue weighted by Crippen LogP contribution is -2.43. The van der Waals surface area contributed by atoms with Gasteiger partial charge in [0, 0.05) is 25.2 Å². The van der Waals surface area contributed by atoms with Gasteiger partial charge >= 0.3 is 0 Å². The number of amides is 1. The number of nitrogens with zero attached hydrogens (tertiary/aromatic N) is 4. The van der Waals surface area contributed by atoms with Crippen molar-refractivity contribution in [1.82, 2.24) is 19.9 Å². The molecular weight excluding hydrogens is 395 g/mol. The van der Waals surface area contributed by atoms with Crippen LogP contribution in [0.25, 0.3) is 11.4 Å². The average Bonchev–Trinajstić information content (AvgIpc) is 3.29. The standard InChI is InChI=1S/C24H27FN4O2/c1-2-29(15-18-8-4-3-5-9-18)22(30)17-28-13-7-11-20(16-28)24-26-23(27-31-24)19-10-6-12-21(25)14-19/h3-6,8-10,12,14,20H,2,7,11,13,15-17H2,1H3. The molecule has 0 radical (unpaired) electrons. The van der Waals surface area contributed by atoms with Crippen LogP contribution in [0.3, 0.4) is 0 Å². The summed E-state index contributed by atoms with van der Waals surface area (Å²) >= 11 is 0. The number of carbonyl (C=O) groups is 1. The van der Waals surface area contributed by atoms with Gasteiger partial charge in [-0.05, 0) is 44.0 Å². The number of likely N-dealkylation sites (tertiary alicyclic amines) is 1. The van der Waals surface area contributed by atoms with Crippen LogP contribution in [0.5, 0.6) is 0 Å². The molecule has 1 fully saturated rings. The molecule has 4 rings (SSSR count). The third-order valence-electron chi connectivity index (χ3n) is 5.69. The Kier molecular flexibility index (Phi) is 6.72. The number of piperidine rings is 1. The Labute approximate surface area is 181 Å². The average molecular weight is 423 g/mol. The van der Waals surface area contributed by atoms with Crippen LogP contribution >= 0.6 is 0 Å². The van der Waals surface area contributed by atoms with Crippen molar-refractivity contribution in [3.63, 3.8) is 0 Å². The SMILES string of the molecule is CCN(Cc1ccccc1)C(=O)CN1CCCC(c2nc(-c3cccc(F)c3)no2)C1. The van der Waals surface area contributed by atoms with Crippen molar-refractivity contribution < 1.29 is 13.7 Å². The van der Waals surface area contributed by atoms with Crippen molar-refractivity contribution in [2.75, 3.05) is 26.2 Å². The first kappa shape index (κ1) is 21.2. The molecule has 7 heteroatoms. The van der Waals surface area contributed by atoms with E-state index >= 15 is 0 Å². The number of hydrogen-bond donors (Lipinski definition) is 0. The van der Waals surface area contributed by atoms with E-state index in [1.807, 2.05) is 42.2 Å². The number of aromatic nitrogens is 2. The number of benzene rings is 2. The number of hydrogen-bond acceptors (Lipinski definition) is 5. The smallest absolute Gasteiger partial charge is 0.237 e. The molecular formula is C24H27FN4O2. The van der Waals surface area contributed by atoms with E-state index in [1.54, 1.807) is 12.1 Å². The van der Waals surface area contributed by atoms with E-state index in [9.17, 15) is 9.18 Å². The fourth-order valence-electron chi connectivity index (χ4n) is 4.02. The van der Waals surface area contributed by atoms with Crippen molar-refractivity contribution >= 4 is 5.91 Å². The number of rotatable bonds is 7. The van der Waals surface area contributed by atoms with Crippen molar-refractivity contribution in [3.05, 3.63) is 71.9 Å². The highest BCUT2D eigenvalue weighted by molar-refractivity contribution is 5.78. The lowest BCUT2D eigenvalue weighted by Gasteiger charge is -2.32. The molecule has 1 aliphatic rings. The van der Waals surface area contributed by atoms with Crippen molar-refractivity contribution in [2.45, 2.75) is 32.2 Å². The molecule has 6 nitrogen and oxygen atoms in total. The van der Waals surface area contributed by atoms with E-state index < -0.39 is 0 Å². The third kappa shape index (κ3) is 5.35. The highest BCUT2D eigenvalue weighted by Crippen LogP contribution is 2.27. The van der Waals surface area contributed by atoms with Crippen LogP contribution in [0.1, 0.15) is 37.1 Å². The van der Waals surface area contributed by atoms with Crippen molar-refractivity contribution in [3.8, 4) is 11.4 Å². The molecule has 1 unspecified atom stereocenters. The van der Waals surface area contributed by atoms with Crippen molar-refractivity contribution in [2.24, 2.45) is 0 Å². The summed E-state index contributed by atoms with van der Waals surface area (Å²) in [5.74, 6) is 0.802. The van der Waals surface area contributed by atoms with Gasteiger partial charge in [0.15, 0.2) is 0 Å². The van der Waals surface area contributed by atoms with E-state index in [0.29, 0.717) is 43.5 Å². The summed E-state index contributed by atoms with van der Waals surface area (Å²) < 4.78 is 19.0. The number of likely N-dealkylation sites (N-methyl/N-ethyl adjacent to an activating group) is 1. The molecule has 0 aliphatic carbocycles. The Balaban J connectivity index is 1.38. The van der Waals surface area contributed by atoms with E-state index in [4.69, 9.17) is 4.52 Å². The Morgan fingerprint density at radius 2 is 2.06 bits per heavy atom. The molecule has 1 aromatic heterocycles. The monoisotopic (exact) mass is 422 g/mol. The molecule has 1 amide bonds. The fraction of sp³-hybridized carbons (Fsp3) is 0.375. The molecule has 1 aliphatic heterocycles. The van der Waals surface area contributed by atoms with Crippen LogP contribution in [-0.2, 0) is 11.3 Å². The summed E-state index contributed by atoms with van der Waals surface area (Å²) in [5, 5.41) is 4.03. The van der Waals surface area contributed by atoms with E-state index in [2.05, 4.69) is 15.0 Å². The highest BCUT2D eigenvalue weighted by atomic mass is 19.1. The summed E-state index contributed by atoms with van der Waals surface area (Å²) in [6.45, 7) is 5.24. The predicted octanol–water partition coefficient (Wildman–Crippen LogP) is 4.10. The van der Waals surface area contributed by atoms with Gasteiger partial charge in [0.25, 0.3) is 0 Å². The second-order valence-electron chi connectivity index (χ2n) is 7.93. The van der Waals surface area contributed by atoms with E-state index in [-0.39, 0.29) is 17.6 Å². The molecule has 2 heterocycles. The molecule has 0 saturated carbocycles. The largest absolute Gasteiger partial charge is 0.339 e. The maximum absolute atomic E-state index is 13.5. The minimum Gasteiger partial charge on any atom is -0.339 e. The molecule has 3 aromatic rings. The van der Waals surface area contributed by atoms with Gasteiger partial charge in [-0.15, -0.1) is 0 Å². The highest BCUT2D eigenvalue weighted by Gasteiger charge is 2.28. The maximum Gasteiger partial charge on any atom is 0.237 e. The van der Waals surface area contributed by atoms with Crippen LogP contribution in [0, 0.1) is 5.82 Å². The summed E-state index contributed by atoms with van der Waals surface area (Å²) in [5.41, 5.74) is 1.72. The molecule has 31 heavy (non-hydrogen) atoms. The molecule has 0 spiro atoms. The first-order valence-corrected chi connectivity index (χ1v) is 10.8. The molecule has 1 atom stereocenters. The Hall–Kier alpha value is -3.06. The van der Waals surface area contributed by atoms with Crippen LogP contribution in [0.4, 0.5) is 4.39 Å². The van der Waals surface area contributed by atoms with E-state index in [0.717, 1.165) is 24.9 Å². The first-order valence-electron chi connectivity index (χ1n) is 10.8. The van der Waals surface area contributed by atoms with Crippen LogP contribution in [-0.4, -0.2) is 52.0 Å². The van der Waals surface area contributed by atoms with Gasteiger partial charge in [0.1, 0.15) is 5.82 Å². The van der Waals surface area contributed by atoms with Crippen LogP contribution in [0.2, 0.25) is 0 Å². The summed E-state index contributed by atoms with van der Waals surface area (Å²) in [4.78, 5) is 21.5. The number of halogens is 1. The normalized spacial score (nSPS) is 16.9. The topological polar surface area (TPSA) is 62.5 Å². The quantitative estimate of drug-likeness (QED) is 0.574. The minimum atomic E-state index is -0.331. The Bertz CT molecular complexity index is 1010. The van der Waals surface area contributed by atoms with Gasteiger partial charge in [0.05, 0.1) is 12.5 Å². The molecule has 2 aromatic carbocycles. The van der Waals surface area contributed by atoms with Gasteiger partial charge in [0.2, 0.25) is 17.6 Å². The van der Waals surface area contributed by atoms with Crippen LogP contribution < -0.4 is 0 Å². The fourth-order valence-corrected chi connectivity index (χ4v) is 4.02. The van der Waals surface area contributed by atoms with Gasteiger partial charge < -0.3 is 9.42 Å². The van der Waals surface area contributed by atoms with Gasteiger partial charge in [-0.2, -0.15) is 4.98 Å². The maximum atomic E-state index is 13.5. The molecule has 1 saturated heterocycles. The number of carbonyl (C=O) groups excluding carboxylic acids is 1. The Morgan fingerprint density at radius 1 is 1.23 bits per heavy atom. The zero-order valence-electron chi connectivity index (χ0n) is 17.7. The zero-order valence-corrected chi connectivity index (χ0v) is 17.7. The predicted molar refractivity (Wildman–Crippen MR) is 116 cm³/mol. The van der Waals surface area contributed by atoms with Gasteiger partial charge in [-0.3, -0.25) is 9.69 Å². The lowest BCUT2D eigenvalue weighted by atomic mass is 9.98. The summed E-state index contributed by atoms with van der Waals surface area (Å²) in [6.07, 6.45) is 1.89. The van der Waals surface area contributed by atoms with Gasteiger partial charge in [-0.25, -0.2) is 4.39 Å². The first-order chi connectivity index (χ1) is 15.1. The molecule has 0 N–H and O–H groups in total. The van der Waals surface area contributed by atoms with E-state index in [1.165, 1.54) is 12.1 Å². The summed E-state index contributed by atoms with van der Waals surface area (Å²) in [6, 6.07) is 16.2. The summed E-state index contributed by atoms with van der Waals surface area (Å²) in [7, 11) is 0. The van der Waals surface area contributed by atoms with Crippen molar-refractivity contribution in [1.29, 1.82) is 0 Å². The van der Waals surface area contributed by atoms with Gasteiger partial charge in [-0.1, -0.05) is 47.6 Å². The second-order valence-corrected chi connectivity index (χ2v) is 7.93. The second kappa shape index (κ2) is 9.83. The molecule has 0 bridgehead atoms.